The monoisotopic (exact) mass is 332 g/mol. The zero-order chi connectivity index (χ0) is 14.9. The second kappa shape index (κ2) is 5.80. The summed E-state index contributed by atoms with van der Waals surface area (Å²) >= 11 is 3.48. The van der Waals surface area contributed by atoms with E-state index < -0.39 is 0 Å². The first-order valence-corrected chi connectivity index (χ1v) is 7.20. The van der Waals surface area contributed by atoms with Crippen LogP contribution in [0.2, 0.25) is 0 Å². The quantitative estimate of drug-likeness (QED) is 0.767. The molecule has 104 valence electrons. The molecular formula is C17H17BrO2. The van der Waals surface area contributed by atoms with Gasteiger partial charge in [-0.25, -0.2) is 0 Å². The molecule has 0 aliphatic heterocycles. The molecule has 2 aromatic rings. The number of rotatable bonds is 3. The highest BCUT2D eigenvalue weighted by Gasteiger charge is 2.19. The number of aryl methyl sites for hydroxylation is 3. The van der Waals surface area contributed by atoms with Crippen molar-refractivity contribution in [2.75, 3.05) is 7.11 Å². The lowest BCUT2D eigenvalue weighted by Crippen LogP contribution is -2.08. The minimum atomic E-state index is -0.00171. The first-order valence-electron chi connectivity index (χ1n) is 6.40. The number of halogens is 1. The molecule has 20 heavy (non-hydrogen) atoms. The highest BCUT2D eigenvalue weighted by molar-refractivity contribution is 9.10. The number of ether oxygens (including phenoxy) is 1. The molecule has 2 nitrogen and oxygen atoms in total. The highest BCUT2D eigenvalue weighted by Crippen LogP contribution is 2.30. The maximum absolute atomic E-state index is 12.8. The molecule has 2 rings (SSSR count). The molecule has 0 radical (unpaired) electrons. The van der Waals surface area contributed by atoms with Gasteiger partial charge in [0, 0.05) is 10.0 Å². The Bertz CT molecular complexity index is 655. The van der Waals surface area contributed by atoms with Gasteiger partial charge in [-0.1, -0.05) is 34.1 Å². The summed E-state index contributed by atoms with van der Waals surface area (Å²) in [6.07, 6.45) is 0. The highest BCUT2D eigenvalue weighted by atomic mass is 79.9. The van der Waals surface area contributed by atoms with Crippen molar-refractivity contribution < 1.29 is 9.53 Å². The lowest BCUT2D eigenvalue weighted by molar-refractivity contribution is 0.103. The number of benzene rings is 2. The molecule has 0 aromatic heterocycles. The SMILES string of the molecule is COc1cc(C)c(Br)cc1C(=O)c1c(C)cccc1C. The van der Waals surface area contributed by atoms with Gasteiger partial charge in [-0.3, -0.25) is 4.79 Å². The van der Waals surface area contributed by atoms with E-state index >= 15 is 0 Å². The molecule has 0 N–H and O–H groups in total. The van der Waals surface area contributed by atoms with Crippen molar-refractivity contribution >= 4 is 21.7 Å². The number of methoxy groups -OCH3 is 1. The molecule has 0 unspecified atom stereocenters. The smallest absolute Gasteiger partial charge is 0.197 e. The fourth-order valence-electron chi connectivity index (χ4n) is 2.31. The first kappa shape index (κ1) is 14.8. The van der Waals surface area contributed by atoms with E-state index in [0.717, 1.165) is 26.7 Å². The van der Waals surface area contributed by atoms with Crippen molar-refractivity contribution in [3.05, 3.63) is 62.6 Å². The van der Waals surface area contributed by atoms with Crippen LogP contribution in [0.25, 0.3) is 0 Å². The Labute approximate surface area is 127 Å². The van der Waals surface area contributed by atoms with Gasteiger partial charge in [0.2, 0.25) is 0 Å². The predicted octanol–water partition coefficient (Wildman–Crippen LogP) is 4.61. The van der Waals surface area contributed by atoms with E-state index in [4.69, 9.17) is 4.74 Å². The third-order valence-electron chi connectivity index (χ3n) is 3.43. The summed E-state index contributed by atoms with van der Waals surface area (Å²) in [5.74, 6) is 0.608. The third kappa shape index (κ3) is 2.63. The number of hydrogen-bond acceptors (Lipinski definition) is 2. The summed E-state index contributed by atoms with van der Waals surface area (Å²) in [7, 11) is 1.59. The van der Waals surface area contributed by atoms with Gasteiger partial charge >= 0.3 is 0 Å². The third-order valence-corrected chi connectivity index (χ3v) is 4.29. The molecule has 0 atom stereocenters. The molecule has 2 aromatic carbocycles. The minimum Gasteiger partial charge on any atom is -0.496 e. The van der Waals surface area contributed by atoms with Crippen molar-refractivity contribution in [3.8, 4) is 5.75 Å². The first-order chi connectivity index (χ1) is 9.45. The van der Waals surface area contributed by atoms with Gasteiger partial charge in [0.05, 0.1) is 12.7 Å². The van der Waals surface area contributed by atoms with Crippen molar-refractivity contribution in [2.45, 2.75) is 20.8 Å². The zero-order valence-corrected chi connectivity index (χ0v) is 13.7. The summed E-state index contributed by atoms with van der Waals surface area (Å²) in [4.78, 5) is 12.8. The summed E-state index contributed by atoms with van der Waals surface area (Å²) in [6, 6.07) is 9.59. The van der Waals surface area contributed by atoms with E-state index in [1.807, 2.05) is 51.1 Å². The summed E-state index contributed by atoms with van der Waals surface area (Å²) < 4.78 is 6.27. The van der Waals surface area contributed by atoms with Crippen molar-refractivity contribution in [2.24, 2.45) is 0 Å². The van der Waals surface area contributed by atoms with Crippen molar-refractivity contribution in [1.29, 1.82) is 0 Å². The van der Waals surface area contributed by atoms with E-state index in [-0.39, 0.29) is 5.78 Å². The van der Waals surface area contributed by atoms with E-state index in [1.165, 1.54) is 0 Å². The Morgan fingerprint density at radius 2 is 1.65 bits per heavy atom. The molecular weight excluding hydrogens is 316 g/mol. The molecule has 0 spiro atoms. The van der Waals surface area contributed by atoms with Crippen molar-refractivity contribution in [1.82, 2.24) is 0 Å². The standard InChI is InChI=1S/C17H17BrO2/c1-10-6-5-7-11(2)16(10)17(19)13-9-14(18)12(3)8-15(13)20-4/h5-9H,1-4H3. The average Bonchev–Trinajstić information content (AvgIpc) is 2.41. The van der Waals surface area contributed by atoms with Crippen LogP contribution in [-0.4, -0.2) is 12.9 Å². The zero-order valence-electron chi connectivity index (χ0n) is 12.1. The van der Waals surface area contributed by atoms with Crippen LogP contribution in [0.3, 0.4) is 0 Å². The predicted molar refractivity (Wildman–Crippen MR) is 84.8 cm³/mol. The Morgan fingerprint density at radius 1 is 1.05 bits per heavy atom. The fraction of sp³-hybridized carbons (Fsp3) is 0.235. The Balaban J connectivity index is 2.62. The van der Waals surface area contributed by atoms with Gasteiger partial charge in [0.1, 0.15) is 5.75 Å². The van der Waals surface area contributed by atoms with E-state index in [9.17, 15) is 4.79 Å². The number of carbonyl (C=O) groups excluding carboxylic acids is 1. The van der Waals surface area contributed by atoms with Gasteiger partial charge in [0.25, 0.3) is 0 Å². The Kier molecular flexibility index (Phi) is 4.29. The molecule has 3 heteroatoms. The van der Waals surface area contributed by atoms with Crippen LogP contribution in [-0.2, 0) is 0 Å². The van der Waals surface area contributed by atoms with Crippen LogP contribution in [0.5, 0.6) is 5.75 Å². The second-order valence-electron chi connectivity index (χ2n) is 4.90. The van der Waals surface area contributed by atoms with Crippen LogP contribution in [0.4, 0.5) is 0 Å². The summed E-state index contributed by atoms with van der Waals surface area (Å²) in [5.41, 5.74) is 4.34. The molecule has 0 saturated heterocycles. The van der Waals surface area contributed by atoms with Crippen molar-refractivity contribution in [3.63, 3.8) is 0 Å². The second-order valence-corrected chi connectivity index (χ2v) is 5.75. The molecule has 0 heterocycles. The topological polar surface area (TPSA) is 26.3 Å². The van der Waals surface area contributed by atoms with E-state index in [0.29, 0.717) is 11.3 Å². The normalized spacial score (nSPS) is 10.4. The summed E-state index contributed by atoms with van der Waals surface area (Å²) in [6.45, 7) is 5.88. The fourth-order valence-corrected chi connectivity index (χ4v) is 2.65. The van der Waals surface area contributed by atoms with Crippen LogP contribution in [0.1, 0.15) is 32.6 Å². The van der Waals surface area contributed by atoms with E-state index in [1.54, 1.807) is 7.11 Å². The lowest BCUT2D eigenvalue weighted by Gasteiger charge is -2.13. The largest absolute Gasteiger partial charge is 0.496 e. The van der Waals surface area contributed by atoms with Gasteiger partial charge in [-0.05, 0) is 49.6 Å². The van der Waals surface area contributed by atoms with Gasteiger partial charge in [-0.15, -0.1) is 0 Å². The number of carbonyl (C=O) groups is 1. The molecule has 0 aliphatic carbocycles. The lowest BCUT2D eigenvalue weighted by atomic mass is 9.94. The Morgan fingerprint density at radius 3 is 2.20 bits per heavy atom. The molecule has 0 aliphatic rings. The number of hydrogen-bond donors (Lipinski definition) is 0. The Hall–Kier alpha value is -1.61. The van der Waals surface area contributed by atoms with E-state index in [2.05, 4.69) is 15.9 Å². The minimum absolute atomic E-state index is 0.00171. The van der Waals surface area contributed by atoms with Crippen LogP contribution < -0.4 is 4.74 Å². The molecule has 0 bridgehead atoms. The average molecular weight is 333 g/mol. The van der Waals surface area contributed by atoms with Gasteiger partial charge < -0.3 is 4.74 Å². The van der Waals surface area contributed by atoms with Crippen LogP contribution in [0.15, 0.2) is 34.8 Å². The molecule has 0 amide bonds. The number of ketones is 1. The maximum Gasteiger partial charge on any atom is 0.197 e. The van der Waals surface area contributed by atoms with Gasteiger partial charge in [-0.2, -0.15) is 0 Å². The molecule has 0 fully saturated rings. The van der Waals surface area contributed by atoms with Gasteiger partial charge in [0.15, 0.2) is 5.78 Å². The van der Waals surface area contributed by atoms with Crippen LogP contribution in [0, 0.1) is 20.8 Å². The van der Waals surface area contributed by atoms with Crippen LogP contribution >= 0.6 is 15.9 Å². The maximum atomic E-state index is 12.8. The summed E-state index contributed by atoms with van der Waals surface area (Å²) in [5, 5.41) is 0. The molecule has 0 saturated carbocycles.